The fourth-order valence-electron chi connectivity index (χ4n) is 3.79. The molecule has 3 rings (SSSR count). The number of nitrogens with zero attached hydrogens (tertiary/aromatic N) is 1. The van der Waals surface area contributed by atoms with Crippen molar-refractivity contribution in [3.63, 3.8) is 0 Å². The molecular formula is C23H29NO4. The smallest absolute Gasteiger partial charge is 0.323 e. The minimum absolute atomic E-state index is 0.178. The van der Waals surface area contributed by atoms with Gasteiger partial charge in [0.2, 0.25) is 0 Å². The molecule has 0 saturated carbocycles. The summed E-state index contributed by atoms with van der Waals surface area (Å²) >= 11 is 0. The maximum absolute atomic E-state index is 12.3. The van der Waals surface area contributed by atoms with Crippen molar-refractivity contribution in [2.45, 2.75) is 45.9 Å². The van der Waals surface area contributed by atoms with E-state index in [1.165, 1.54) is 12.7 Å². The van der Waals surface area contributed by atoms with Crippen LogP contribution in [-0.4, -0.2) is 48.4 Å². The van der Waals surface area contributed by atoms with E-state index >= 15 is 0 Å². The zero-order valence-electron chi connectivity index (χ0n) is 17.1. The molecule has 1 heterocycles. The number of esters is 1. The zero-order chi connectivity index (χ0) is 20.3. The number of benzene rings is 2. The summed E-state index contributed by atoms with van der Waals surface area (Å²) in [6.07, 6.45) is -0.122. The number of carbonyl (C=O) groups is 1. The molecule has 0 spiro atoms. The van der Waals surface area contributed by atoms with Crippen molar-refractivity contribution in [3.05, 3.63) is 64.2 Å². The lowest BCUT2D eigenvalue weighted by atomic mass is 9.93. The third-order valence-corrected chi connectivity index (χ3v) is 5.56. The lowest BCUT2D eigenvalue weighted by Gasteiger charge is -2.36. The molecule has 1 aliphatic rings. The van der Waals surface area contributed by atoms with Crippen LogP contribution in [0, 0.1) is 20.8 Å². The van der Waals surface area contributed by atoms with Crippen LogP contribution < -0.4 is 4.74 Å². The number of methoxy groups -OCH3 is 1. The first-order valence-electron chi connectivity index (χ1n) is 9.67. The maximum atomic E-state index is 12.3. The zero-order valence-corrected chi connectivity index (χ0v) is 17.1. The van der Waals surface area contributed by atoms with E-state index in [9.17, 15) is 9.90 Å². The highest BCUT2D eigenvalue weighted by Crippen LogP contribution is 2.27. The number of aliphatic hydroxyl groups is 1. The van der Waals surface area contributed by atoms with Crippen molar-refractivity contribution in [2.75, 3.05) is 20.3 Å². The van der Waals surface area contributed by atoms with Crippen LogP contribution in [0.3, 0.4) is 0 Å². The molecule has 0 saturated heterocycles. The summed E-state index contributed by atoms with van der Waals surface area (Å²) in [6, 6.07) is 11.8. The van der Waals surface area contributed by atoms with Crippen molar-refractivity contribution in [2.24, 2.45) is 0 Å². The van der Waals surface area contributed by atoms with Gasteiger partial charge in [-0.1, -0.05) is 36.4 Å². The van der Waals surface area contributed by atoms with Gasteiger partial charge >= 0.3 is 5.97 Å². The van der Waals surface area contributed by atoms with Gasteiger partial charge in [0, 0.05) is 13.1 Å². The molecule has 1 aliphatic heterocycles. The number of hydrogen-bond donors (Lipinski definition) is 1. The number of β-amino-alcohol motifs (C(OH)–C–C–N with tert-alkyl or cyclic N) is 1. The molecular weight excluding hydrogens is 354 g/mol. The van der Waals surface area contributed by atoms with Crippen molar-refractivity contribution in [1.82, 2.24) is 4.90 Å². The van der Waals surface area contributed by atoms with Crippen LogP contribution in [0.2, 0.25) is 0 Å². The largest absolute Gasteiger partial charge is 0.490 e. The van der Waals surface area contributed by atoms with Gasteiger partial charge in [-0.25, -0.2) is 0 Å². The minimum atomic E-state index is -0.711. The highest BCUT2D eigenvalue weighted by Gasteiger charge is 2.33. The van der Waals surface area contributed by atoms with Crippen LogP contribution >= 0.6 is 0 Å². The summed E-state index contributed by atoms with van der Waals surface area (Å²) < 4.78 is 10.9. The number of carbonyl (C=O) groups excluding carboxylic acids is 1. The first-order valence-corrected chi connectivity index (χ1v) is 9.67. The standard InChI is InChI=1S/C23H29NO4/c1-15-9-10-16(2)22(17(15)3)28-14-20(25)13-24-12-19-8-6-5-7-18(19)11-21(24)23(26)27-4/h5-10,20-21,25H,11-14H2,1-4H3. The van der Waals surface area contributed by atoms with Crippen molar-refractivity contribution >= 4 is 5.97 Å². The number of aliphatic hydroxyl groups excluding tert-OH is 1. The molecule has 28 heavy (non-hydrogen) atoms. The maximum Gasteiger partial charge on any atom is 0.323 e. The van der Waals surface area contributed by atoms with E-state index < -0.39 is 12.1 Å². The Morgan fingerprint density at radius 1 is 1.14 bits per heavy atom. The molecule has 150 valence electrons. The first kappa shape index (κ1) is 20.4. The average Bonchev–Trinajstić information content (AvgIpc) is 2.69. The highest BCUT2D eigenvalue weighted by atomic mass is 16.5. The van der Waals surface area contributed by atoms with Crippen molar-refractivity contribution in [1.29, 1.82) is 0 Å². The third kappa shape index (κ3) is 4.37. The van der Waals surface area contributed by atoms with Crippen molar-refractivity contribution < 1.29 is 19.4 Å². The predicted octanol–water partition coefficient (Wildman–Crippen LogP) is 2.95. The van der Waals surface area contributed by atoms with Gasteiger partial charge in [0.1, 0.15) is 24.5 Å². The van der Waals surface area contributed by atoms with Gasteiger partial charge in [0.05, 0.1) is 7.11 Å². The van der Waals surface area contributed by atoms with Crippen LogP contribution in [-0.2, 0) is 22.5 Å². The van der Waals surface area contributed by atoms with Crippen molar-refractivity contribution in [3.8, 4) is 5.75 Å². The number of aryl methyl sites for hydroxylation is 2. The summed E-state index contributed by atoms with van der Waals surface area (Å²) in [5.41, 5.74) is 5.64. The molecule has 0 aromatic heterocycles. The van der Waals surface area contributed by atoms with Gasteiger partial charge in [-0.2, -0.15) is 0 Å². The van der Waals surface area contributed by atoms with Crippen LogP contribution in [0.4, 0.5) is 0 Å². The normalized spacial score (nSPS) is 17.7. The monoisotopic (exact) mass is 383 g/mol. The lowest BCUT2D eigenvalue weighted by Crippen LogP contribution is -2.49. The Kier molecular flexibility index (Phi) is 6.37. The molecule has 5 heteroatoms. The Hall–Kier alpha value is -2.37. The van der Waals surface area contributed by atoms with Gasteiger partial charge in [0.15, 0.2) is 0 Å². The van der Waals surface area contributed by atoms with Gasteiger partial charge < -0.3 is 14.6 Å². The number of fused-ring (bicyclic) bond motifs is 1. The summed E-state index contributed by atoms with van der Waals surface area (Å²) in [5, 5.41) is 10.6. The predicted molar refractivity (Wildman–Crippen MR) is 109 cm³/mol. The second-order valence-corrected chi connectivity index (χ2v) is 7.56. The molecule has 0 amide bonds. The summed E-state index contributed by atoms with van der Waals surface area (Å²) in [4.78, 5) is 14.3. The lowest BCUT2D eigenvalue weighted by molar-refractivity contribution is -0.148. The first-order chi connectivity index (χ1) is 13.4. The summed E-state index contributed by atoms with van der Waals surface area (Å²) in [6.45, 7) is 7.21. The fraction of sp³-hybridized carbons (Fsp3) is 0.435. The van der Waals surface area contributed by atoms with E-state index in [1.54, 1.807) is 0 Å². The molecule has 5 nitrogen and oxygen atoms in total. The van der Waals surface area contributed by atoms with E-state index in [4.69, 9.17) is 9.47 Å². The quantitative estimate of drug-likeness (QED) is 0.777. The summed E-state index contributed by atoms with van der Waals surface area (Å²) in [5.74, 6) is 0.556. The molecule has 0 aliphatic carbocycles. The Bertz CT molecular complexity index is 848. The highest BCUT2D eigenvalue weighted by molar-refractivity contribution is 5.76. The van der Waals surface area contributed by atoms with Gasteiger partial charge in [-0.05, 0) is 55.0 Å². The third-order valence-electron chi connectivity index (χ3n) is 5.56. The van der Waals surface area contributed by atoms with Gasteiger partial charge in [-0.15, -0.1) is 0 Å². The van der Waals surface area contributed by atoms with E-state index in [-0.39, 0.29) is 12.6 Å². The number of rotatable bonds is 6. The Morgan fingerprint density at radius 3 is 2.54 bits per heavy atom. The molecule has 2 aromatic rings. The fourth-order valence-corrected chi connectivity index (χ4v) is 3.79. The van der Waals surface area contributed by atoms with Crippen LogP contribution in [0.25, 0.3) is 0 Å². The van der Waals surface area contributed by atoms with E-state index in [2.05, 4.69) is 12.1 Å². The second kappa shape index (κ2) is 8.76. The average molecular weight is 383 g/mol. The minimum Gasteiger partial charge on any atom is -0.490 e. The molecule has 2 atom stereocenters. The molecule has 0 bridgehead atoms. The molecule has 0 fully saturated rings. The van der Waals surface area contributed by atoms with E-state index in [0.29, 0.717) is 19.5 Å². The van der Waals surface area contributed by atoms with Gasteiger partial charge in [-0.3, -0.25) is 9.69 Å². The van der Waals surface area contributed by atoms with E-state index in [0.717, 1.165) is 28.0 Å². The Balaban J connectivity index is 1.69. The Labute approximate surface area is 166 Å². The molecule has 1 N–H and O–H groups in total. The van der Waals surface area contributed by atoms with Crippen LogP contribution in [0.5, 0.6) is 5.75 Å². The summed E-state index contributed by atoms with van der Waals surface area (Å²) in [7, 11) is 1.41. The van der Waals surface area contributed by atoms with Crippen LogP contribution in [0.15, 0.2) is 36.4 Å². The molecule has 0 radical (unpaired) electrons. The topological polar surface area (TPSA) is 59.0 Å². The van der Waals surface area contributed by atoms with Gasteiger partial charge in [0.25, 0.3) is 0 Å². The number of ether oxygens (including phenoxy) is 2. The second-order valence-electron chi connectivity index (χ2n) is 7.56. The number of hydrogen-bond acceptors (Lipinski definition) is 5. The molecule has 2 unspecified atom stereocenters. The van der Waals surface area contributed by atoms with E-state index in [1.807, 2.05) is 49.9 Å². The van der Waals surface area contributed by atoms with Crippen LogP contribution in [0.1, 0.15) is 27.8 Å². The SMILES string of the molecule is COC(=O)C1Cc2ccccc2CN1CC(O)COc1c(C)ccc(C)c1C. The Morgan fingerprint density at radius 2 is 1.82 bits per heavy atom. The molecule has 2 aromatic carbocycles.